The summed E-state index contributed by atoms with van der Waals surface area (Å²) in [6, 6.07) is 8.90. The van der Waals surface area contributed by atoms with Crippen molar-refractivity contribution in [1.82, 2.24) is 0 Å². The maximum atomic E-state index is 13.4. The van der Waals surface area contributed by atoms with Gasteiger partial charge in [-0.1, -0.05) is 24.3 Å². The summed E-state index contributed by atoms with van der Waals surface area (Å²) >= 11 is 0. The van der Waals surface area contributed by atoms with Gasteiger partial charge in [0.15, 0.2) is 6.29 Å². The van der Waals surface area contributed by atoms with E-state index >= 15 is 0 Å². The van der Waals surface area contributed by atoms with E-state index in [4.69, 9.17) is 0 Å². The van der Waals surface area contributed by atoms with Crippen LogP contribution < -0.4 is 4.74 Å². The van der Waals surface area contributed by atoms with Crippen LogP contribution >= 0.6 is 0 Å². The van der Waals surface area contributed by atoms with Gasteiger partial charge in [-0.3, -0.25) is 4.79 Å². The molecule has 0 aliphatic heterocycles. The summed E-state index contributed by atoms with van der Waals surface area (Å²) in [5, 5.41) is 0. The Hall–Kier alpha value is -2.37. The summed E-state index contributed by atoms with van der Waals surface area (Å²) in [6.07, 6.45) is -4.40. The van der Waals surface area contributed by atoms with Crippen LogP contribution in [0.2, 0.25) is 0 Å². The molecule has 104 valence electrons. The Morgan fingerprint density at radius 3 is 2.20 bits per heavy atom. The van der Waals surface area contributed by atoms with Crippen LogP contribution in [-0.2, 0) is 0 Å². The molecule has 0 aromatic heterocycles. The minimum atomic E-state index is -4.77. The highest BCUT2D eigenvalue weighted by atomic mass is 19.4. The van der Waals surface area contributed by atoms with Crippen molar-refractivity contribution in [2.24, 2.45) is 0 Å². The molecule has 0 unspecified atom stereocenters. The first-order valence-corrected chi connectivity index (χ1v) is 5.50. The van der Waals surface area contributed by atoms with Crippen molar-refractivity contribution in [3.05, 3.63) is 53.8 Å². The third kappa shape index (κ3) is 3.14. The van der Waals surface area contributed by atoms with Gasteiger partial charge in [0.25, 0.3) is 0 Å². The summed E-state index contributed by atoms with van der Waals surface area (Å²) in [5.41, 5.74) is 0.580. The first-order valence-electron chi connectivity index (χ1n) is 5.50. The molecule has 0 radical (unpaired) electrons. The Labute approximate surface area is 111 Å². The van der Waals surface area contributed by atoms with Crippen molar-refractivity contribution in [3.63, 3.8) is 0 Å². The highest BCUT2D eigenvalue weighted by Gasteiger charge is 2.30. The minimum Gasteiger partial charge on any atom is -0.406 e. The first kappa shape index (κ1) is 14.0. The standard InChI is InChI=1S/C14H8F4O2/c15-13-3-1-2-11(12(13)8-19)9-4-6-10(7-5-9)20-14(16,17)18/h1-8H. The number of halogens is 4. The number of ether oxygens (including phenoxy) is 1. The van der Waals surface area contributed by atoms with E-state index in [1.807, 2.05) is 0 Å². The zero-order valence-corrected chi connectivity index (χ0v) is 9.95. The summed E-state index contributed by atoms with van der Waals surface area (Å²) in [7, 11) is 0. The number of benzene rings is 2. The van der Waals surface area contributed by atoms with Gasteiger partial charge in [-0.25, -0.2) is 4.39 Å². The molecule has 0 aliphatic carbocycles. The van der Waals surface area contributed by atoms with Gasteiger partial charge in [0, 0.05) is 0 Å². The first-order chi connectivity index (χ1) is 9.40. The van der Waals surface area contributed by atoms with Gasteiger partial charge < -0.3 is 4.74 Å². The minimum absolute atomic E-state index is 0.142. The summed E-state index contributed by atoms with van der Waals surface area (Å²) in [5.74, 6) is -1.07. The third-order valence-corrected chi connectivity index (χ3v) is 2.57. The van der Waals surface area contributed by atoms with Gasteiger partial charge in [0.1, 0.15) is 11.6 Å². The van der Waals surface area contributed by atoms with Crippen LogP contribution in [0.3, 0.4) is 0 Å². The molecule has 2 aromatic carbocycles. The Morgan fingerprint density at radius 2 is 1.65 bits per heavy atom. The fraction of sp³-hybridized carbons (Fsp3) is 0.0714. The summed E-state index contributed by atoms with van der Waals surface area (Å²) in [6.45, 7) is 0. The number of carbonyl (C=O) groups is 1. The largest absolute Gasteiger partial charge is 0.573 e. The molecule has 0 atom stereocenters. The van der Waals surface area contributed by atoms with E-state index in [0.717, 1.165) is 18.2 Å². The molecule has 0 spiro atoms. The highest BCUT2D eigenvalue weighted by Crippen LogP contribution is 2.28. The lowest BCUT2D eigenvalue weighted by Crippen LogP contribution is -2.16. The number of rotatable bonds is 3. The highest BCUT2D eigenvalue weighted by molar-refractivity contribution is 5.87. The van der Waals surface area contributed by atoms with Crippen LogP contribution in [0.5, 0.6) is 5.75 Å². The molecule has 6 heteroatoms. The number of hydrogen-bond acceptors (Lipinski definition) is 2. The second kappa shape index (κ2) is 5.32. The Kier molecular flexibility index (Phi) is 3.74. The summed E-state index contributed by atoms with van der Waals surface area (Å²) in [4.78, 5) is 10.9. The van der Waals surface area contributed by atoms with Crippen LogP contribution in [-0.4, -0.2) is 12.6 Å². The van der Waals surface area contributed by atoms with Crippen LogP contribution in [0.4, 0.5) is 17.6 Å². The number of carbonyl (C=O) groups excluding carboxylic acids is 1. The predicted molar refractivity (Wildman–Crippen MR) is 63.9 cm³/mol. The van der Waals surface area contributed by atoms with Gasteiger partial charge in [-0.2, -0.15) is 0 Å². The van der Waals surface area contributed by atoms with E-state index < -0.39 is 12.2 Å². The average Bonchev–Trinajstić information content (AvgIpc) is 2.37. The van der Waals surface area contributed by atoms with Gasteiger partial charge in [-0.15, -0.1) is 13.2 Å². The van der Waals surface area contributed by atoms with Crippen LogP contribution in [0.25, 0.3) is 11.1 Å². The molecule has 2 rings (SSSR count). The molecule has 0 saturated carbocycles. The SMILES string of the molecule is O=Cc1c(F)cccc1-c1ccc(OC(F)(F)F)cc1. The van der Waals surface area contributed by atoms with E-state index in [1.165, 1.54) is 24.3 Å². The number of aldehydes is 1. The van der Waals surface area contributed by atoms with Crippen molar-refractivity contribution >= 4 is 6.29 Å². The Bertz CT molecular complexity index is 618. The molecule has 2 aromatic rings. The lowest BCUT2D eigenvalue weighted by Gasteiger charge is -2.10. The zero-order valence-electron chi connectivity index (χ0n) is 9.95. The molecule has 0 aliphatic rings. The Morgan fingerprint density at radius 1 is 1.00 bits per heavy atom. The molecule has 20 heavy (non-hydrogen) atoms. The normalized spacial score (nSPS) is 11.2. The molecule has 0 amide bonds. The quantitative estimate of drug-likeness (QED) is 0.623. The predicted octanol–water partition coefficient (Wildman–Crippen LogP) is 4.20. The van der Waals surface area contributed by atoms with Crippen molar-refractivity contribution in [1.29, 1.82) is 0 Å². The average molecular weight is 284 g/mol. The smallest absolute Gasteiger partial charge is 0.406 e. The van der Waals surface area contributed by atoms with Crippen LogP contribution in [0, 0.1) is 5.82 Å². The molecule has 0 heterocycles. The molecule has 2 nitrogen and oxygen atoms in total. The van der Waals surface area contributed by atoms with Crippen molar-refractivity contribution in [2.45, 2.75) is 6.36 Å². The molecular formula is C14H8F4O2. The molecule has 0 fully saturated rings. The second-order valence-corrected chi connectivity index (χ2v) is 3.89. The lowest BCUT2D eigenvalue weighted by atomic mass is 10.00. The van der Waals surface area contributed by atoms with E-state index in [1.54, 1.807) is 0 Å². The summed E-state index contributed by atoms with van der Waals surface area (Å²) < 4.78 is 53.2. The maximum absolute atomic E-state index is 13.4. The van der Waals surface area contributed by atoms with E-state index in [9.17, 15) is 22.4 Å². The molecule has 0 saturated heterocycles. The maximum Gasteiger partial charge on any atom is 0.573 e. The fourth-order valence-corrected chi connectivity index (χ4v) is 1.74. The molecular weight excluding hydrogens is 276 g/mol. The van der Waals surface area contributed by atoms with Gasteiger partial charge >= 0.3 is 6.36 Å². The number of alkyl halides is 3. The third-order valence-electron chi connectivity index (χ3n) is 2.57. The van der Waals surface area contributed by atoms with Crippen molar-refractivity contribution in [2.75, 3.05) is 0 Å². The van der Waals surface area contributed by atoms with Crippen molar-refractivity contribution < 1.29 is 27.1 Å². The zero-order chi connectivity index (χ0) is 14.8. The fourth-order valence-electron chi connectivity index (χ4n) is 1.74. The molecule has 0 bridgehead atoms. The van der Waals surface area contributed by atoms with Gasteiger partial charge in [0.2, 0.25) is 0 Å². The molecule has 0 N–H and O–H groups in total. The van der Waals surface area contributed by atoms with Crippen LogP contribution in [0.15, 0.2) is 42.5 Å². The van der Waals surface area contributed by atoms with E-state index in [-0.39, 0.29) is 11.3 Å². The lowest BCUT2D eigenvalue weighted by molar-refractivity contribution is -0.274. The second-order valence-electron chi connectivity index (χ2n) is 3.89. The van der Waals surface area contributed by atoms with Gasteiger partial charge in [0.05, 0.1) is 5.56 Å². The van der Waals surface area contributed by atoms with E-state index in [0.29, 0.717) is 17.4 Å². The topological polar surface area (TPSA) is 26.3 Å². The Balaban J connectivity index is 2.36. The van der Waals surface area contributed by atoms with Crippen molar-refractivity contribution in [3.8, 4) is 16.9 Å². The number of hydrogen-bond donors (Lipinski definition) is 0. The van der Waals surface area contributed by atoms with Gasteiger partial charge in [-0.05, 0) is 29.3 Å². The monoisotopic (exact) mass is 284 g/mol. The van der Waals surface area contributed by atoms with Crippen LogP contribution in [0.1, 0.15) is 10.4 Å². The van der Waals surface area contributed by atoms with E-state index in [2.05, 4.69) is 4.74 Å².